The van der Waals surface area contributed by atoms with Crippen molar-refractivity contribution in [3.05, 3.63) is 82.0 Å². The molecule has 1 aliphatic rings. The predicted octanol–water partition coefficient (Wildman–Crippen LogP) is 3.58. The van der Waals surface area contributed by atoms with Gasteiger partial charge in [-0.1, -0.05) is 30.3 Å². The Morgan fingerprint density at radius 3 is 2.88 bits per heavy atom. The number of fused-ring (bicyclic) bond motifs is 1. The number of furan rings is 1. The first-order valence-electron chi connectivity index (χ1n) is 10.4. The van der Waals surface area contributed by atoms with Crippen molar-refractivity contribution in [2.24, 2.45) is 0 Å². The summed E-state index contributed by atoms with van der Waals surface area (Å²) in [5, 5.41) is 7.44. The van der Waals surface area contributed by atoms with E-state index in [4.69, 9.17) is 4.42 Å². The highest BCUT2D eigenvalue weighted by Gasteiger charge is 2.21. The molecule has 5 rings (SSSR count). The van der Waals surface area contributed by atoms with Gasteiger partial charge in [-0.05, 0) is 37.0 Å². The molecule has 0 saturated heterocycles. The largest absolute Gasteiger partial charge is 0.463 e. The summed E-state index contributed by atoms with van der Waals surface area (Å²) in [6.45, 7) is 0. The van der Waals surface area contributed by atoms with Crippen molar-refractivity contribution in [2.75, 3.05) is 11.1 Å². The van der Waals surface area contributed by atoms with Gasteiger partial charge in [0.2, 0.25) is 11.9 Å². The molecule has 4 aromatic rings. The fourth-order valence-electron chi connectivity index (χ4n) is 3.72. The molecule has 32 heavy (non-hydrogen) atoms. The van der Waals surface area contributed by atoms with Gasteiger partial charge in [-0.3, -0.25) is 14.6 Å². The Kier molecular flexibility index (Phi) is 5.64. The normalized spacial score (nSPS) is 12.6. The van der Waals surface area contributed by atoms with E-state index in [1.165, 1.54) is 16.4 Å². The quantitative estimate of drug-likeness (QED) is 0.449. The van der Waals surface area contributed by atoms with Crippen LogP contribution in [0.5, 0.6) is 0 Å². The number of aryl methyl sites for hydroxylation is 1. The number of rotatable bonds is 7. The maximum Gasteiger partial charge on any atom is 0.255 e. The number of carbonyl (C=O) groups excluding carboxylic acids is 1. The summed E-state index contributed by atoms with van der Waals surface area (Å²) < 4.78 is 6.91. The van der Waals surface area contributed by atoms with Crippen LogP contribution < -0.4 is 10.9 Å². The van der Waals surface area contributed by atoms with Crippen LogP contribution in [-0.4, -0.2) is 31.4 Å². The third kappa shape index (κ3) is 4.24. The molecule has 0 fully saturated rings. The van der Waals surface area contributed by atoms with E-state index < -0.39 is 0 Å². The summed E-state index contributed by atoms with van der Waals surface area (Å²) in [5.74, 6) is 2.11. The summed E-state index contributed by atoms with van der Waals surface area (Å²) in [5.41, 5.74) is 3.05. The van der Waals surface area contributed by atoms with Crippen molar-refractivity contribution in [2.45, 2.75) is 25.0 Å². The van der Waals surface area contributed by atoms with Crippen LogP contribution in [0.3, 0.4) is 0 Å². The van der Waals surface area contributed by atoms with Crippen molar-refractivity contribution < 1.29 is 9.21 Å². The van der Waals surface area contributed by atoms with E-state index in [-0.39, 0.29) is 23.2 Å². The Hall–Kier alpha value is -3.59. The average Bonchev–Trinajstić information content (AvgIpc) is 3.55. The standard InChI is InChI=1S/C23H21N5O3S/c29-21(14-32-13-15-6-2-1-3-7-15)25-20-12-18(19-10-5-11-31-19)27-28(20)23-24-17-9-4-8-16(17)22(30)26-23/h1-3,5-7,10-12H,4,8-9,13-14H2,(H,25,29)(H,24,26,30). The zero-order valence-corrected chi connectivity index (χ0v) is 18.0. The number of hydrogen-bond acceptors (Lipinski definition) is 6. The number of hydrogen-bond donors (Lipinski definition) is 2. The minimum Gasteiger partial charge on any atom is -0.463 e. The lowest BCUT2D eigenvalue weighted by atomic mass is 10.2. The van der Waals surface area contributed by atoms with Gasteiger partial charge in [0.25, 0.3) is 5.56 Å². The molecule has 8 nitrogen and oxygen atoms in total. The van der Waals surface area contributed by atoms with Crippen LogP contribution >= 0.6 is 11.8 Å². The number of nitrogens with one attached hydrogen (secondary N) is 2. The second-order valence-corrected chi connectivity index (χ2v) is 8.48. The Morgan fingerprint density at radius 2 is 2.06 bits per heavy atom. The van der Waals surface area contributed by atoms with E-state index in [0.717, 1.165) is 41.8 Å². The van der Waals surface area contributed by atoms with Crippen molar-refractivity contribution in [3.8, 4) is 17.4 Å². The SMILES string of the molecule is O=C(CSCc1ccccc1)Nc1cc(-c2ccco2)nn1-c1nc2c(c(=O)[nH]1)CCC2. The van der Waals surface area contributed by atoms with Crippen LogP contribution in [0.2, 0.25) is 0 Å². The highest BCUT2D eigenvalue weighted by atomic mass is 32.2. The van der Waals surface area contributed by atoms with Gasteiger partial charge in [-0.25, -0.2) is 4.98 Å². The van der Waals surface area contributed by atoms with Crippen molar-refractivity contribution in [3.63, 3.8) is 0 Å². The molecule has 162 valence electrons. The van der Waals surface area contributed by atoms with Crippen molar-refractivity contribution in [1.29, 1.82) is 0 Å². The third-order valence-electron chi connectivity index (χ3n) is 5.22. The molecule has 0 atom stereocenters. The molecule has 1 aliphatic carbocycles. The van der Waals surface area contributed by atoms with Gasteiger partial charge in [0, 0.05) is 17.4 Å². The van der Waals surface area contributed by atoms with E-state index in [2.05, 4.69) is 20.4 Å². The Bertz CT molecular complexity index is 1300. The van der Waals surface area contributed by atoms with Gasteiger partial charge in [0.05, 0.1) is 17.7 Å². The zero-order valence-electron chi connectivity index (χ0n) is 17.2. The maximum absolute atomic E-state index is 12.6. The molecule has 0 radical (unpaired) electrons. The van der Waals surface area contributed by atoms with Crippen LogP contribution in [0.25, 0.3) is 17.4 Å². The number of thioether (sulfide) groups is 1. The Labute approximate surface area is 188 Å². The summed E-state index contributed by atoms with van der Waals surface area (Å²) in [6, 6.07) is 15.3. The lowest BCUT2D eigenvalue weighted by molar-refractivity contribution is -0.113. The van der Waals surface area contributed by atoms with E-state index in [9.17, 15) is 9.59 Å². The van der Waals surface area contributed by atoms with Gasteiger partial charge < -0.3 is 9.73 Å². The lowest BCUT2D eigenvalue weighted by Gasteiger charge is -2.09. The summed E-state index contributed by atoms with van der Waals surface area (Å²) >= 11 is 1.53. The minimum absolute atomic E-state index is 0.159. The van der Waals surface area contributed by atoms with Crippen LogP contribution in [0.1, 0.15) is 23.2 Å². The van der Waals surface area contributed by atoms with Gasteiger partial charge >= 0.3 is 0 Å². The lowest BCUT2D eigenvalue weighted by Crippen LogP contribution is -2.21. The number of anilines is 1. The molecule has 1 aromatic carbocycles. The number of nitrogens with zero attached hydrogens (tertiary/aromatic N) is 3. The molecule has 9 heteroatoms. The van der Waals surface area contributed by atoms with E-state index >= 15 is 0 Å². The Morgan fingerprint density at radius 1 is 1.19 bits per heavy atom. The van der Waals surface area contributed by atoms with Gasteiger partial charge in [-0.2, -0.15) is 9.78 Å². The molecule has 0 unspecified atom stereocenters. The number of amides is 1. The van der Waals surface area contributed by atoms with Crippen LogP contribution in [-0.2, 0) is 23.4 Å². The smallest absolute Gasteiger partial charge is 0.255 e. The van der Waals surface area contributed by atoms with Gasteiger partial charge in [-0.15, -0.1) is 11.8 Å². The molecule has 1 amide bonds. The van der Waals surface area contributed by atoms with Crippen molar-refractivity contribution >= 4 is 23.5 Å². The van der Waals surface area contributed by atoms with Crippen LogP contribution in [0.4, 0.5) is 5.82 Å². The van der Waals surface area contributed by atoms with Gasteiger partial charge in [0.1, 0.15) is 11.5 Å². The van der Waals surface area contributed by atoms with E-state index in [1.807, 2.05) is 30.3 Å². The monoisotopic (exact) mass is 447 g/mol. The topological polar surface area (TPSA) is 106 Å². The first-order chi connectivity index (χ1) is 15.7. The minimum atomic E-state index is -0.165. The molecule has 3 aromatic heterocycles. The van der Waals surface area contributed by atoms with Crippen LogP contribution in [0, 0.1) is 0 Å². The van der Waals surface area contributed by atoms with E-state index in [1.54, 1.807) is 24.5 Å². The van der Waals surface area contributed by atoms with Crippen LogP contribution in [0.15, 0.2) is 64.0 Å². The average molecular weight is 448 g/mol. The molecule has 0 bridgehead atoms. The molecular formula is C23H21N5O3S. The number of aromatic amines is 1. The number of benzene rings is 1. The van der Waals surface area contributed by atoms with Crippen molar-refractivity contribution in [1.82, 2.24) is 19.7 Å². The number of H-pyrrole nitrogens is 1. The fourth-order valence-corrected chi connectivity index (χ4v) is 4.51. The maximum atomic E-state index is 12.6. The summed E-state index contributed by atoms with van der Waals surface area (Å²) in [6.07, 6.45) is 3.96. The molecule has 0 saturated carbocycles. The highest BCUT2D eigenvalue weighted by Crippen LogP contribution is 2.25. The summed E-state index contributed by atoms with van der Waals surface area (Å²) in [4.78, 5) is 32.6. The van der Waals surface area contributed by atoms with E-state index in [0.29, 0.717) is 17.3 Å². The third-order valence-corrected chi connectivity index (χ3v) is 6.23. The molecule has 0 spiro atoms. The summed E-state index contributed by atoms with van der Waals surface area (Å²) in [7, 11) is 0. The second-order valence-electron chi connectivity index (χ2n) is 7.50. The molecule has 0 aliphatic heterocycles. The first-order valence-corrected chi connectivity index (χ1v) is 11.5. The molecular weight excluding hydrogens is 426 g/mol. The number of carbonyl (C=O) groups is 1. The molecule has 3 heterocycles. The van der Waals surface area contributed by atoms with Gasteiger partial charge in [0.15, 0.2) is 5.76 Å². The number of aromatic nitrogens is 4. The predicted molar refractivity (Wildman–Crippen MR) is 123 cm³/mol. The second kappa shape index (κ2) is 8.88. The fraction of sp³-hybridized carbons (Fsp3) is 0.217. The molecule has 2 N–H and O–H groups in total. The first kappa shape index (κ1) is 20.3. The highest BCUT2D eigenvalue weighted by molar-refractivity contribution is 7.99. The zero-order chi connectivity index (χ0) is 21.9. The Balaban J connectivity index is 1.39.